The lowest BCUT2D eigenvalue weighted by molar-refractivity contribution is 0.587. The summed E-state index contributed by atoms with van der Waals surface area (Å²) in [5.74, 6) is 6.00. The third-order valence-electron chi connectivity index (χ3n) is 1.79. The van der Waals surface area contributed by atoms with Gasteiger partial charge in [0.1, 0.15) is 23.9 Å². The molecule has 0 radical (unpaired) electrons. The number of aryl methyl sites for hydroxylation is 1. The third kappa shape index (κ3) is 1.47. The summed E-state index contributed by atoms with van der Waals surface area (Å²) in [5, 5.41) is 14.2. The maximum Gasteiger partial charge on any atom is 0.149 e. The highest BCUT2D eigenvalue weighted by atomic mass is 15.4. The molecule has 0 fully saturated rings. The summed E-state index contributed by atoms with van der Waals surface area (Å²) in [6, 6.07) is -0.314. The summed E-state index contributed by atoms with van der Waals surface area (Å²) >= 11 is 0. The van der Waals surface area contributed by atoms with E-state index in [4.69, 9.17) is 5.84 Å². The average molecular weight is 194 g/mol. The highest BCUT2D eigenvalue weighted by Gasteiger charge is 2.18. The Morgan fingerprint density at radius 1 is 1.64 bits per heavy atom. The first-order valence-corrected chi connectivity index (χ1v) is 3.99. The summed E-state index contributed by atoms with van der Waals surface area (Å²) in [4.78, 5) is 3.99. The fourth-order valence-electron chi connectivity index (χ4n) is 1.16. The minimum absolute atomic E-state index is 0.314. The van der Waals surface area contributed by atoms with E-state index in [0.717, 1.165) is 0 Å². The van der Waals surface area contributed by atoms with Crippen molar-refractivity contribution < 1.29 is 0 Å². The molecule has 0 aliphatic rings. The van der Waals surface area contributed by atoms with Gasteiger partial charge in [-0.3, -0.25) is 15.6 Å². The van der Waals surface area contributed by atoms with Crippen molar-refractivity contribution in [3.63, 3.8) is 0 Å². The van der Waals surface area contributed by atoms with Crippen molar-refractivity contribution in [1.29, 1.82) is 0 Å². The molecule has 2 aromatic heterocycles. The lowest BCUT2D eigenvalue weighted by Gasteiger charge is -2.08. The van der Waals surface area contributed by atoms with Crippen molar-refractivity contribution in [1.82, 2.24) is 35.6 Å². The molecule has 0 bridgehead atoms. The first-order valence-electron chi connectivity index (χ1n) is 3.99. The van der Waals surface area contributed by atoms with E-state index in [-0.39, 0.29) is 6.04 Å². The van der Waals surface area contributed by atoms with Crippen LogP contribution in [0, 0.1) is 0 Å². The lowest BCUT2D eigenvalue weighted by atomic mass is 10.2. The summed E-state index contributed by atoms with van der Waals surface area (Å²) in [7, 11) is 1.78. The zero-order chi connectivity index (χ0) is 9.97. The van der Waals surface area contributed by atoms with Crippen LogP contribution >= 0.6 is 0 Å². The molecule has 1 atom stereocenters. The van der Waals surface area contributed by atoms with Crippen LogP contribution in [0.15, 0.2) is 12.5 Å². The van der Waals surface area contributed by atoms with Crippen LogP contribution in [0.3, 0.4) is 0 Å². The fourth-order valence-corrected chi connectivity index (χ4v) is 1.16. The molecule has 0 aromatic carbocycles. The van der Waals surface area contributed by atoms with E-state index < -0.39 is 0 Å². The average Bonchev–Trinajstić information content (AvgIpc) is 2.79. The van der Waals surface area contributed by atoms with Gasteiger partial charge in [0, 0.05) is 7.05 Å². The Kier molecular flexibility index (Phi) is 2.21. The van der Waals surface area contributed by atoms with Crippen LogP contribution in [0.2, 0.25) is 0 Å². The van der Waals surface area contributed by atoms with Crippen LogP contribution in [0.1, 0.15) is 17.6 Å². The first kappa shape index (κ1) is 8.78. The van der Waals surface area contributed by atoms with Gasteiger partial charge in [-0.2, -0.15) is 5.10 Å². The molecule has 2 aromatic rings. The molecular weight excluding hydrogens is 184 g/mol. The minimum Gasteiger partial charge on any atom is -0.270 e. The first-order chi connectivity index (χ1) is 6.81. The summed E-state index contributed by atoms with van der Waals surface area (Å²) in [5.41, 5.74) is 3.27. The Labute approximate surface area is 79.5 Å². The molecule has 0 aliphatic heterocycles. The Bertz CT molecular complexity index is 390. The third-order valence-corrected chi connectivity index (χ3v) is 1.79. The molecule has 0 spiro atoms. The second kappa shape index (κ2) is 3.52. The van der Waals surface area contributed by atoms with Gasteiger partial charge in [0.25, 0.3) is 0 Å². The number of nitrogens with zero attached hydrogens (tertiary/aromatic N) is 5. The van der Waals surface area contributed by atoms with Crippen molar-refractivity contribution in [2.24, 2.45) is 12.9 Å². The van der Waals surface area contributed by atoms with Gasteiger partial charge in [-0.15, -0.1) is 5.10 Å². The second-order valence-electron chi connectivity index (χ2n) is 2.79. The highest BCUT2D eigenvalue weighted by Crippen LogP contribution is 2.13. The number of H-pyrrole nitrogens is 1. The summed E-state index contributed by atoms with van der Waals surface area (Å²) < 4.78 is 1.59. The quantitative estimate of drug-likeness (QED) is 0.404. The SMILES string of the molecule is Cn1cc(C(NN)c2ncn[nH]2)nn1. The van der Waals surface area contributed by atoms with Gasteiger partial charge in [-0.05, 0) is 0 Å². The van der Waals surface area contributed by atoms with Gasteiger partial charge < -0.3 is 0 Å². The molecule has 2 heterocycles. The van der Waals surface area contributed by atoms with E-state index in [1.807, 2.05) is 0 Å². The zero-order valence-corrected chi connectivity index (χ0v) is 7.55. The van der Waals surface area contributed by atoms with Gasteiger partial charge in [0.2, 0.25) is 0 Å². The predicted octanol–water partition coefficient (Wildman–Crippen LogP) is -1.51. The lowest BCUT2D eigenvalue weighted by Crippen LogP contribution is -2.30. The molecule has 2 rings (SSSR count). The molecule has 74 valence electrons. The van der Waals surface area contributed by atoms with Crippen LogP contribution < -0.4 is 11.3 Å². The van der Waals surface area contributed by atoms with Gasteiger partial charge >= 0.3 is 0 Å². The van der Waals surface area contributed by atoms with E-state index in [1.54, 1.807) is 17.9 Å². The molecule has 0 saturated carbocycles. The number of aromatic amines is 1. The number of nitrogens with two attached hydrogens (primary N) is 1. The Morgan fingerprint density at radius 3 is 3.00 bits per heavy atom. The largest absolute Gasteiger partial charge is 0.270 e. The molecule has 4 N–H and O–H groups in total. The van der Waals surface area contributed by atoms with E-state index in [9.17, 15) is 0 Å². The standard InChI is InChI=1S/C6H10N8/c1-14-2-4(11-13-14)5(10-7)6-8-3-9-12-6/h2-3,5,10H,7H2,1H3,(H,8,9,12). The van der Waals surface area contributed by atoms with E-state index in [1.165, 1.54) is 6.33 Å². The van der Waals surface area contributed by atoms with Crippen LogP contribution in [-0.2, 0) is 7.05 Å². The van der Waals surface area contributed by atoms with Crippen molar-refractivity contribution in [2.75, 3.05) is 0 Å². The Morgan fingerprint density at radius 2 is 2.50 bits per heavy atom. The van der Waals surface area contributed by atoms with Crippen LogP contribution in [0.25, 0.3) is 0 Å². The number of rotatable bonds is 3. The predicted molar refractivity (Wildman–Crippen MR) is 46.6 cm³/mol. The number of nitrogens with one attached hydrogen (secondary N) is 2. The molecule has 8 heteroatoms. The van der Waals surface area contributed by atoms with Gasteiger partial charge in [-0.1, -0.05) is 5.21 Å². The number of hydrogen-bond donors (Lipinski definition) is 3. The zero-order valence-electron chi connectivity index (χ0n) is 7.55. The smallest absolute Gasteiger partial charge is 0.149 e. The normalized spacial score (nSPS) is 13.0. The monoisotopic (exact) mass is 194 g/mol. The van der Waals surface area contributed by atoms with Gasteiger partial charge in [-0.25, -0.2) is 10.4 Å². The van der Waals surface area contributed by atoms with Crippen molar-refractivity contribution in [2.45, 2.75) is 6.04 Å². The molecular formula is C6H10N8. The molecule has 0 saturated heterocycles. The van der Waals surface area contributed by atoms with E-state index in [2.05, 4.69) is 30.9 Å². The number of hydrogen-bond acceptors (Lipinski definition) is 6. The van der Waals surface area contributed by atoms with E-state index >= 15 is 0 Å². The maximum atomic E-state index is 5.39. The van der Waals surface area contributed by atoms with Crippen LogP contribution in [0.4, 0.5) is 0 Å². The minimum atomic E-state index is -0.314. The molecule has 8 nitrogen and oxygen atoms in total. The van der Waals surface area contributed by atoms with Crippen molar-refractivity contribution >= 4 is 0 Å². The topological polar surface area (TPSA) is 110 Å². The highest BCUT2D eigenvalue weighted by molar-refractivity contribution is 5.11. The molecule has 14 heavy (non-hydrogen) atoms. The van der Waals surface area contributed by atoms with Crippen molar-refractivity contribution in [3.05, 3.63) is 24.0 Å². The van der Waals surface area contributed by atoms with Crippen LogP contribution in [0.5, 0.6) is 0 Å². The second-order valence-corrected chi connectivity index (χ2v) is 2.79. The molecule has 0 aliphatic carbocycles. The molecule has 0 amide bonds. The fraction of sp³-hybridized carbons (Fsp3) is 0.333. The molecule has 1 unspecified atom stereocenters. The van der Waals surface area contributed by atoms with Gasteiger partial charge in [0.05, 0.1) is 6.20 Å². The van der Waals surface area contributed by atoms with Gasteiger partial charge in [0.15, 0.2) is 0 Å². The van der Waals surface area contributed by atoms with Crippen molar-refractivity contribution in [3.8, 4) is 0 Å². The number of aromatic nitrogens is 6. The van der Waals surface area contributed by atoms with Crippen LogP contribution in [-0.4, -0.2) is 30.2 Å². The summed E-state index contributed by atoms with van der Waals surface area (Å²) in [6.07, 6.45) is 3.17. The number of hydrazine groups is 1. The summed E-state index contributed by atoms with van der Waals surface area (Å²) in [6.45, 7) is 0. The Balaban J connectivity index is 2.31. The van der Waals surface area contributed by atoms with E-state index in [0.29, 0.717) is 11.5 Å². The Hall–Kier alpha value is -1.80. The maximum absolute atomic E-state index is 5.39.